The van der Waals surface area contributed by atoms with Crippen LogP contribution >= 0.6 is 11.8 Å². The summed E-state index contributed by atoms with van der Waals surface area (Å²) in [6.07, 6.45) is 4.08. The van der Waals surface area contributed by atoms with E-state index >= 15 is 0 Å². The minimum atomic E-state index is -0.315. The molecule has 0 spiro atoms. The maximum Gasteiger partial charge on any atom is 0.409 e. The number of rotatable bonds is 7. The molecule has 1 aliphatic heterocycles. The van der Waals surface area contributed by atoms with Gasteiger partial charge in [-0.1, -0.05) is 18.7 Å². The highest BCUT2D eigenvalue weighted by Crippen LogP contribution is 2.24. The van der Waals surface area contributed by atoms with Gasteiger partial charge < -0.3 is 19.1 Å². The number of hydrogen-bond acceptors (Lipinski definition) is 7. The minimum Gasteiger partial charge on any atom is -0.450 e. The minimum absolute atomic E-state index is 0.0371. The van der Waals surface area contributed by atoms with Crippen molar-refractivity contribution in [3.8, 4) is 11.4 Å². The lowest BCUT2D eigenvalue weighted by molar-refractivity contribution is -0.129. The Morgan fingerprint density at radius 2 is 1.76 bits per heavy atom. The van der Waals surface area contributed by atoms with Crippen molar-refractivity contribution in [2.75, 3.05) is 38.5 Å². The average Bonchev–Trinajstić information content (AvgIpc) is 3.16. The van der Waals surface area contributed by atoms with E-state index in [1.165, 1.54) is 11.8 Å². The Morgan fingerprint density at radius 3 is 2.41 bits per heavy atom. The molecule has 2 aromatic heterocycles. The molecule has 1 aliphatic rings. The normalized spacial score (nSPS) is 14.1. The van der Waals surface area contributed by atoms with Crippen LogP contribution in [0.4, 0.5) is 4.79 Å². The van der Waals surface area contributed by atoms with E-state index in [0.29, 0.717) is 32.8 Å². The Morgan fingerprint density at radius 1 is 1.07 bits per heavy atom. The zero-order valence-electron chi connectivity index (χ0n) is 16.8. The summed E-state index contributed by atoms with van der Waals surface area (Å²) in [6.45, 7) is 7.03. The zero-order valence-corrected chi connectivity index (χ0v) is 17.6. The number of hydrogen-bond donors (Lipinski definition) is 0. The first-order chi connectivity index (χ1) is 14.1. The summed E-state index contributed by atoms with van der Waals surface area (Å²) in [5, 5.41) is 9.36. The SMILES string of the molecule is CCCn1c(SCC(=O)N2CCN(C(=O)OCC)CC2)nnc1-c1ccncc1. The Labute approximate surface area is 174 Å². The van der Waals surface area contributed by atoms with Gasteiger partial charge in [-0.25, -0.2) is 4.79 Å². The second-order valence-electron chi connectivity index (χ2n) is 6.55. The fraction of sp³-hybridized carbons (Fsp3) is 0.526. The highest BCUT2D eigenvalue weighted by Gasteiger charge is 2.25. The molecule has 0 unspecified atom stereocenters. The van der Waals surface area contributed by atoms with E-state index in [0.717, 1.165) is 29.5 Å². The molecule has 1 fully saturated rings. The molecule has 0 bridgehead atoms. The topological polar surface area (TPSA) is 93.5 Å². The quantitative estimate of drug-likeness (QED) is 0.636. The second kappa shape index (κ2) is 10.2. The van der Waals surface area contributed by atoms with E-state index in [4.69, 9.17) is 4.74 Å². The number of pyridine rings is 1. The number of ether oxygens (including phenoxy) is 1. The predicted molar refractivity (Wildman–Crippen MR) is 109 cm³/mol. The lowest BCUT2D eigenvalue weighted by atomic mass is 10.2. The molecule has 3 heterocycles. The molecular formula is C19H26N6O3S. The Bertz CT molecular complexity index is 821. The van der Waals surface area contributed by atoms with Crippen molar-refractivity contribution in [3.63, 3.8) is 0 Å². The summed E-state index contributed by atoms with van der Waals surface area (Å²) in [6, 6.07) is 3.80. The molecule has 156 valence electrons. The Balaban J connectivity index is 1.58. The lowest BCUT2D eigenvalue weighted by Gasteiger charge is -2.34. The van der Waals surface area contributed by atoms with Gasteiger partial charge in [-0.2, -0.15) is 0 Å². The maximum atomic E-state index is 12.6. The molecule has 10 heteroatoms. The van der Waals surface area contributed by atoms with Crippen LogP contribution in [0, 0.1) is 0 Å². The van der Waals surface area contributed by atoms with Gasteiger partial charge in [-0.15, -0.1) is 10.2 Å². The first-order valence-corrected chi connectivity index (χ1v) is 10.8. The number of thioether (sulfide) groups is 1. The van der Waals surface area contributed by atoms with Gasteiger partial charge in [0, 0.05) is 50.7 Å². The third-order valence-corrected chi connectivity index (χ3v) is 5.54. The highest BCUT2D eigenvalue weighted by atomic mass is 32.2. The van der Waals surface area contributed by atoms with E-state index < -0.39 is 0 Å². The molecule has 0 aromatic carbocycles. The van der Waals surface area contributed by atoms with Crippen molar-refractivity contribution in [2.45, 2.75) is 32.0 Å². The molecule has 0 N–H and O–H groups in total. The van der Waals surface area contributed by atoms with Gasteiger partial charge in [0.1, 0.15) is 0 Å². The second-order valence-corrected chi connectivity index (χ2v) is 7.49. The number of piperazine rings is 1. The summed E-state index contributed by atoms with van der Waals surface area (Å²) >= 11 is 1.40. The fourth-order valence-electron chi connectivity index (χ4n) is 3.11. The lowest BCUT2D eigenvalue weighted by Crippen LogP contribution is -2.51. The first kappa shape index (κ1) is 21.1. The van der Waals surface area contributed by atoms with Gasteiger partial charge in [0.15, 0.2) is 11.0 Å². The number of carbonyl (C=O) groups is 2. The fourth-order valence-corrected chi connectivity index (χ4v) is 3.97. The van der Waals surface area contributed by atoms with E-state index in [1.807, 2.05) is 16.7 Å². The van der Waals surface area contributed by atoms with Crippen molar-refractivity contribution in [1.29, 1.82) is 0 Å². The molecule has 0 atom stereocenters. The molecule has 3 rings (SSSR count). The number of aromatic nitrogens is 4. The van der Waals surface area contributed by atoms with E-state index in [9.17, 15) is 9.59 Å². The first-order valence-electron chi connectivity index (χ1n) is 9.79. The number of amides is 2. The van der Waals surface area contributed by atoms with Crippen molar-refractivity contribution in [1.82, 2.24) is 29.5 Å². The van der Waals surface area contributed by atoms with Gasteiger partial charge in [0.25, 0.3) is 0 Å². The van der Waals surface area contributed by atoms with Crippen molar-refractivity contribution in [2.24, 2.45) is 0 Å². The molecule has 1 saturated heterocycles. The third kappa shape index (κ3) is 5.26. The Kier molecular flexibility index (Phi) is 7.45. The largest absolute Gasteiger partial charge is 0.450 e. The van der Waals surface area contributed by atoms with Crippen LogP contribution in [0.1, 0.15) is 20.3 Å². The summed E-state index contributed by atoms with van der Waals surface area (Å²) in [7, 11) is 0. The van der Waals surface area contributed by atoms with Crippen LogP contribution in [-0.2, 0) is 16.1 Å². The van der Waals surface area contributed by atoms with Crippen molar-refractivity contribution in [3.05, 3.63) is 24.5 Å². The van der Waals surface area contributed by atoms with Gasteiger partial charge in [0.2, 0.25) is 5.91 Å². The Hall–Kier alpha value is -2.62. The average molecular weight is 419 g/mol. The van der Waals surface area contributed by atoms with Crippen LogP contribution in [0.5, 0.6) is 0 Å². The van der Waals surface area contributed by atoms with Crippen LogP contribution < -0.4 is 0 Å². The van der Waals surface area contributed by atoms with Gasteiger partial charge in [-0.05, 0) is 25.5 Å². The van der Waals surface area contributed by atoms with Crippen LogP contribution in [0.2, 0.25) is 0 Å². The molecular weight excluding hydrogens is 392 g/mol. The van der Waals surface area contributed by atoms with E-state index in [2.05, 4.69) is 22.1 Å². The molecule has 0 radical (unpaired) electrons. The smallest absolute Gasteiger partial charge is 0.409 e. The molecule has 2 aromatic rings. The van der Waals surface area contributed by atoms with Crippen molar-refractivity contribution < 1.29 is 14.3 Å². The monoisotopic (exact) mass is 418 g/mol. The van der Waals surface area contributed by atoms with Gasteiger partial charge in [0.05, 0.1) is 12.4 Å². The van der Waals surface area contributed by atoms with Crippen LogP contribution in [-0.4, -0.2) is 80.1 Å². The highest BCUT2D eigenvalue weighted by molar-refractivity contribution is 7.99. The molecule has 9 nitrogen and oxygen atoms in total. The predicted octanol–water partition coefficient (Wildman–Crippen LogP) is 2.14. The number of nitrogens with zero attached hydrogens (tertiary/aromatic N) is 6. The van der Waals surface area contributed by atoms with Crippen molar-refractivity contribution >= 4 is 23.8 Å². The molecule has 0 aliphatic carbocycles. The maximum absolute atomic E-state index is 12.6. The van der Waals surface area contributed by atoms with Crippen LogP contribution in [0.25, 0.3) is 11.4 Å². The summed E-state index contributed by atoms with van der Waals surface area (Å²) in [5.41, 5.74) is 0.953. The molecule has 2 amide bonds. The summed E-state index contributed by atoms with van der Waals surface area (Å²) < 4.78 is 7.06. The van der Waals surface area contributed by atoms with Crippen LogP contribution in [0.15, 0.2) is 29.7 Å². The van der Waals surface area contributed by atoms with E-state index in [1.54, 1.807) is 29.1 Å². The standard InChI is InChI=1S/C19H26N6O3S/c1-3-9-25-17(15-5-7-20-8-6-15)21-22-18(25)29-14-16(26)23-10-12-24(13-11-23)19(27)28-4-2/h5-8H,3-4,9-14H2,1-2H3. The zero-order chi connectivity index (χ0) is 20.6. The van der Waals surface area contributed by atoms with Gasteiger partial charge >= 0.3 is 6.09 Å². The number of carbonyl (C=O) groups excluding carboxylic acids is 2. The van der Waals surface area contributed by atoms with Crippen LogP contribution in [0.3, 0.4) is 0 Å². The van der Waals surface area contributed by atoms with Gasteiger partial charge in [-0.3, -0.25) is 9.78 Å². The molecule has 29 heavy (non-hydrogen) atoms. The summed E-state index contributed by atoms with van der Waals surface area (Å²) in [4.78, 5) is 31.9. The molecule has 0 saturated carbocycles. The third-order valence-electron chi connectivity index (χ3n) is 4.59. The van der Waals surface area contributed by atoms with E-state index in [-0.39, 0.29) is 17.8 Å². The summed E-state index contributed by atoms with van der Waals surface area (Å²) in [5.74, 6) is 1.11.